The Bertz CT molecular complexity index is 483. The summed E-state index contributed by atoms with van der Waals surface area (Å²) in [5.74, 6) is 6.42. The van der Waals surface area contributed by atoms with E-state index in [1.807, 2.05) is 47.4 Å². The molecule has 0 spiro atoms. The van der Waals surface area contributed by atoms with Crippen LogP contribution < -0.4 is 16.0 Å². The Morgan fingerprint density at radius 1 is 1.37 bits per heavy atom. The number of nitrogens with one attached hydrogen (secondary N) is 1. The zero-order chi connectivity index (χ0) is 13.5. The van der Waals surface area contributed by atoms with Gasteiger partial charge in [-0.2, -0.15) is 5.10 Å². The summed E-state index contributed by atoms with van der Waals surface area (Å²) in [6.07, 6.45) is 4.89. The highest BCUT2D eigenvalue weighted by Gasteiger charge is 2.12. The van der Waals surface area contributed by atoms with Crippen LogP contribution in [0, 0.1) is 0 Å². The van der Waals surface area contributed by atoms with Crippen LogP contribution in [-0.4, -0.2) is 16.4 Å². The first-order valence-corrected chi connectivity index (χ1v) is 6.49. The topological polar surface area (TPSA) is 65.1 Å². The maximum atomic E-state index is 5.70. The second-order valence-electron chi connectivity index (χ2n) is 4.38. The summed E-state index contributed by atoms with van der Waals surface area (Å²) in [4.78, 5) is 0. The molecular weight excluding hydrogens is 240 g/mol. The highest BCUT2D eigenvalue weighted by atomic mass is 16.5. The smallest absolute Gasteiger partial charge is 0.119 e. The van der Waals surface area contributed by atoms with E-state index in [4.69, 9.17) is 10.6 Å². The number of hydrogen-bond donors (Lipinski definition) is 2. The van der Waals surface area contributed by atoms with E-state index < -0.39 is 0 Å². The number of rotatable bonds is 7. The number of hydrazine groups is 1. The largest absolute Gasteiger partial charge is 0.492 e. The lowest BCUT2D eigenvalue weighted by Crippen LogP contribution is -2.32. The van der Waals surface area contributed by atoms with Crippen LogP contribution >= 0.6 is 0 Å². The van der Waals surface area contributed by atoms with Gasteiger partial charge in [0.25, 0.3) is 0 Å². The maximum absolute atomic E-state index is 5.70. The van der Waals surface area contributed by atoms with Crippen molar-refractivity contribution >= 4 is 0 Å². The molecule has 19 heavy (non-hydrogen) atoms. The van der Waals surface area contributed by atoms with Gasteiger partial charge in [0.1, 0.15) is 12.4 Å². The van der Waals surface area contributed by atoms with Crippen molar-refractivity contribution in [2.45, 2.75) is 25.9 Å². The second kappa shape index (κ2) is 6.92. The lowest BCUT2D eigenvalue weighted by molar-refractivity contribution is 0.267. The van der Waals surface area contributed by atoms with Crippen LogP contribution in [0.4, 0.5) is 0 Å². The molecule has 0 aliphatic carbocycles. The molecule has 0 aliphatic heterocycles. The summed E-state index contributed by atoms with van der Waals surface area (Å²) in [5.41, 5.74) is 3.80. The fourth-order valence-electron chi connectivity index (χ4n) is 1.85. The van der Waals surface area contributed by atoms with Crippen LogP contribution in [0.25, 0.3) is 0 Å². The van der Waals surface area contributed by atoms with Crippen LogP contribution in [0.1, 0.15) is 24.9 Å². The van der Waals surface area contributed by atoms with Gasteiger partial charge in [0.2, 0.25) is 0 Å². The molecule has 0 amide bonds. The molecule has 102 valence electrons. The van der Waals surface area contributed by atoms with Gasteiger partial charge in [-0.1, -0.05) is 25.1 Å². The summed E-state index contributed by atoms with van der Waals surface area (Å²) < 4.78 is 7.62. The van der Waals surface area contributed by atoms with Gasteiger partial charge < -0.3 is 4.74 Å². The van der Waals surface area contributed by atoms with Crippen molar-refractivity contribution in [3.8, 4) is 5.75 Å². The van der Waals surface area contributed by atoms with Crippen molar-refractivity contribution in [2.24, 2.45) is 5.84 Å². The number of para-hydroxylation sites is 1. The van der Waals surface area contributed by atoms with Crippen molar-refractivity contribution in [1.29, 1.82) is 0 Å². The van der Waals surface area contributed by atoms with E-state index >= 15 is 0 Å². The third kappa shape index (κ3) is 3.81. The summed E-state index contributed by atoms with van der Waals surface area (Å²) >= 11 is 0. The quantitative estimate of drug-likeness (QED) is 0.589. The molecule has 0 aliphatic rings. The van der Waals surface area contributed by atoms with Crippen LogP contribution in [0.15, 0.2) is 42.7 Å². The van der Waals surface area contributed by atoms with Crippen LogP contribution in [0.3, 0.4) is 0 Å². The highest BCUT2D eigenvalue weighted by molar-refractivity contribution is 5.21. The Kier molecular flexibility index (Phi) is 4.94. The molecule has 0 radical (unpaired) electrons. The fourth-order valence-corrected chi connectivity index (χ4v) is 1.85. The van der Waals surface area contributed by atoms with E-state index in [1.165, 1.54) is 0 Å². The SMILES string of the molecule is CCCn1cc(C(COc2ccccc2)NN)cn1. The monoisotopic (exact) mass is 260 g/mol. The van der Waals surface area contributed by atoms with Crippen LogP contribution in [0.5, 0.6) is 5.75 Å². The maximum Gasteiger partial charge on any atom is 0.119 e. The zero-order valence-electron chi connectivity index (χ0n) is 11.1. The third-order valence-corrected chi connectivity index (χ3v) is 2.87. The number of aryl methyl sites for hydroxylation is 1. The van der Waals surface area contributed by atoms with Gasteiger partial charge in [-0.15, -0.1) is 0 Å². The zero-order valence-corrected chi connectivity index (χ0v) is 11.1. The minimum absolute atomic E-state index is 0.0641. The average molecular weight is 260 g/mol. The second-order valence-corrected chi connectivity index (χ2v) is 4.38. The first-order chi connectivity index (χ1) is 9.33. The van der Waals surface area contributed by atoms with Crippen molar-refractivity contribution in [2.75, 3.05) is 6.61 Å². The summed E-state index contributed by atoms with van der Waals surface area (Å²) in [5, 5.41) is 4.30. The molecule has 1 aromatic heterocycles. The predicted molar refractivity (Wildman–Crippen MR) is 74.5 cm³/mol. The van der Waals surface area contributed by atoms with Gasteiger partial charge in [0.05, 0.1) is 12.2 Å². The molecular formula is C14H20N4O. The number of nitrogens with two attached hydrogens (primary N) is 1. The van der Waals surface area contributed by atoms with Crippen molar-refractivity contribution < 1.29 is 4.74 Å². The van der Waals surface area contributed by atoms with E-state index in [1.54, 1.807) is 0 Å². The minimum atomic E-state index is -0.0641. The normalized spacial score (nSPS) is 12.3. The van der Waals surface area contributed by atoms with Gasteiger partial charge in [-0.3, -0.25) is 10.5 Å². The Morgan fingerprint density at radius 2 is 2.16 bits per heavy atom. The van der Waals surface area contributed by atoms with Crippen LogP contribution in [-0.2, 0) is 6.54 Å². The van der Waals surface area contributed by atoms with Crippen LogP contribution in [0.2, 0.25) is 0 Å². The molecule has 5 heteroatoms. The van der Waals surface area contributed by atoms with Gasteiger partial charge in [-0.25, -0.2) is 5.43 Å². The summed E-state index contributed by atoms with van der Waals surface area (Å²) in [7, 11) is 0. The molecule has 3 N–H and O–H groups in total. The summed E-state index contributed by atoms with van der Waals surface area (Å²) in [6, 6.07) is 9.63. The highest BCUT2D eigenvalue weighted by Crippen LogP contribution is 2.15. The van der Waals surface area contributed by atoms with Gasteiger partial charge in [0, 0.05) is 18.3 Å². The van der Waals surface area contributed by atoms with E-state index in [9.17, 15) is 0 Å². The molecule has 0 saturated carbocycles. The lowest BCUT2D eigenvalue weighted by atomic mass is 10.2. The number of hydrogen-bond acceptors (Lipinski definition) is 4. The standard InChI is InChI=1S/C14H20N4O/c1-2-8-18-10-12(9-16-18)14(17-15)11-19-13-6-4-3-5-7-13/h3-7,9-10,14,17H,2,8,11,15H2,1H3. The molecule has 2 rings (SSSR count). The molecule has 1 heterocycles. The molecule has 1 aromatic carbocycles. The molecule has 0 fully saturated rings. The van der Waals surface area contributed by atoms with Gasteiger partial charge in [-0.05, 0) is 18.6 Å². The van der Waals surface area contributed by atoms with Crippen molar-refractivity contribution in [3.05, 3.63) is 48.3 Å². The molecule has 1 atom stereocenters. The van der Waals surface area contributed by atoms with E-state index in [-0.39, 0.29) is 6.04 Å². The fraction of sp³-hybridized carbons (Fsp3) is 0.357. The predicted octanol–water partition coefficient (Wildman–Crippen LogP) is 1.88. The molecule has 0 bridgehead atoms. The first kappa shape index (κ1) is 13.6. The number of aromatic nitrogens is 2. The molecule has 1 unspecified atom stereocenters. The van der Waals surface area contributed by atoms with E-state index in [0.29, 0.717) is 6.61 Å². The minimum Gasteiger partial charge on any atom is -0.492 e. The third-order valence-electron chi connectivity index (χ3n) is 2.87. The Hall–Kier alpha value is -1.85. The van der Waals surface area contributed by atoms with Gasteiger partial charge in [0.15, 0.2) is 0 Å². The summed E-state index contributed by atoms with van der Waals surface area (Å²) in [6.45, 7) is 3.51. The number of nitrogens with zero attached hydrogens (tertiary/aromatic N) is 2. The first-order valence-electron chi connectivity index (χ1n) is 6.49. The number of ether oxygens (including phenoxy) is 1. The Labute approximate surface area is 113 Å². The lowest BCUT2D eigenvalue weighted by Gasteiger charge is -2.15. The van der Waals surface area contributed by atoms with Crippen molar-refractivity contribution in [1.82, 2.24) is 15.2 Å². The molecule has 0 saturated heterocycles. The molecule has 5 nitrogen and oxygen atoms in total. The number of benzene rings is 1. The Balaban J connectivity index is 1.95. The van der Waals surface area contributed by atoms with Gasteiger partial charge >= 0.3 is 0 Å². The van der Waals surface area contributed by atoms with E-state index in [2.05, 4.69) is 17.4 Å². The molecule has 2 aromatic rings. The van der Waals surface area contributed by atoms with Crippen molar-refractivity contribution in [3.63, 3.8) is 0 Å². The average Bonchev–Trinajstić information content (AvgIpc) is 2.90. The van der Waals surface area contributed by atoms with E-state index in [0.717, 1.165) is 24.3 Å². The Morgan fingerprint density at radius 3 is 2.84 bits per heavy atom.